The molecule has 0 fully saturated rings. The average molecular weight is 1120 g/mol. The largest absolute Gasteiger partial charge is 0.462 e. The highest BCUT2D eigenvalue weighted by Gasteiger charge is 2.19. The number of hydrogen-bond donors (Lipinski definition) is 0. The van der Waals surface area contributed by atoms with Gasteiger partial charge in [0.05, 0.1) is 0 Å². The Bertz CT molecular complexity index is 1340. The van der Waals surface area contributed by atoms with Gasteiger partial charge in [-0.05, 0) is 77.0 Å². The average Bonchev–Trinajstić information content (AvgIpc) is 3.46. The van der Waals surface area contributed by atoms with Crippen LogP contribution in [0.25, 0.3) is 0 Å². The minimum Gasteiger partial charge on any atom is -0.462 e. The zero-order valence-electron chi connectivity index (χ0n) is 54.1. The fraction of sp³-hybridized carbons (Fsp3) is 0.878. The standard InChI is InChI=1S/C74H138O6/c1-4-7-10-13-16-19-22-25-28-31-33-34-35-36-37-38-39-40-41-44-46-49-52-55-58-61-64-67-73(76)79-70-71(69-78-72(75)66-63-60-57-54-51-48-45-42-30-27-24-21-18-15-12-9-6-3)80-74(77)68-65-62-59-56-53-50-47-43-32-29-26-23-20-17-14-11-8-5-2/h22,25,27,30-31,33,71H,4-21,23-24,26,28-29,32,34-70H2,1-3H3/b25-22-,30-27-,33-31-. The van der Waals surface area contributed by atoms with Crippen molar-refractivity contribution < 1.29 is 28.6 Å². The van der Waals surface area contributed by atoms with Crippen LogP contribution in [-0.4, -0.2) is 37.2 Å². The van der Waals surface area contributed by atoms with Crippen LogP contribution in [0.4, 0.5) is 0 Å². The first-order chi connectivity index (χ1) is 39.5. The second kappa shape index (κ2) is 69.1. The van der Waals surface area contributed by atoms with Gasteiger partial charge in [0, 0.05) is 19.3 Å². The third kappa shape index (κ3) is 66.4. The first kappa shape index (κ1) is 77.6. The summed E-state index contributed by atoms with van der Waals surface area (Å²) in [5.74, 6) is -0.841. The smallest absolute Gasteiger partial charge is 0.306 e. The molecule has 0 radical (unpaired) electrons. The van der Waals surface area contributed by atoms with E-state index in [1.807, 2.05) is 0 Å². The van der Waals surface area contributed by atoms with Crippen molar-refractivity contribution >= 4 is 17.9 Å². The van der Waals surface area contributed by atoms with Gasteiger partial charge in [-0.15, -0.1) is 0 Å². The summed E-state index contributed by atoms with van der Waals surface area (Å²) in [5.41, 5.74) is 0. The molecular formula is C74H138O6. The van der Waals surface area contributed by atoms with Crippen molar-refractivity contribution in [3.05, 3.63) is 36.5 Å². The highest BCUT2D eigenvalue weighted by Crippen LogP contribution is 2.18. The summed E-state index contributed by atoms with van der Waals surface area (Å²) in [5, 5.41) is 0. The first-order valence-electron chi connectivity index (χ1n) is 36.0. The number of allylic oxidation sites excluding steroid dienone is 6. The summed E-state index contributed by atoms with van der Waals surface area (Å²) in [7, 11) is 0. The molecule has 0 bridgehead atoms. The fourth-order valence-electron chi connectivity index (χ4n) is 10.9. The molecular weight excluding hydrogens is 985 g/mol. The third-order valence-corrected chi connectivity index (χ3v) is 16.4. The molecule has 0 aliphatic rings. The van der Waals surface area contributed by atoms with Crippen molar-refractivity contribution in [2.24, 2.45) is 0 Å². The van der Waals surface area contributed by atoms with Crippen molar-refractivity contribution in [2.75, 3.05) is 13.2 Å². The van der Waals surface area contributed by atoms with Crippen molar-refractivity contribution in [1.82, 2.24) is 0 Å². The molecule has 0 N–H and O–H groups in total. The van der Waals surface area contributed by atoms with E-state index in [9.17, 15) is 14.4 Å². The number of unbranched alkanes of at least 4 members (excludes halogenated alkanes) is 50. The summed E-state index contributed by atoms with van der Waals surface area (Å²) in [6, 6.07) is 0. The number of rotatable bonds is 67. The maximum Gasteiger partial charge on any atom is 0.306 e. The van der Waals surface area contributed by atoms with Gasteiger partial charge in [-0.2, -0.15) is 0 Å². The Morgan fingerprint density at radius 1 is 0.250 bits per heavy atom. The maximum absolute atomic E-state index is 13.0. The number of esters is 3. The minimum absolute atomic E-state index is 0.0679. The highest BCUT2D eigenvalue weighted by atomic mass is 16.6. The van der Waals surface area contributed by atoms with Crippen LogP contribution in [0.15, 0.2) is 36.5 Å². The molecule has 0 amide bonds. The van der Waals surface area contributed by atoms with E-state index in [0.29, 0.717) is 19.3 Å². The van der Waals surface area contributed by atoms with Crippen LogP contribution in [0.3, 0.4) is 0 Å². The van der Waals surface area contributed by atoms with Crippen molar-refractivity contribution in [3.8, 4) is 0 Å². The second-order valence-corrected chi connectivity index (χ2v) is 24.5. The molecule has 0 saturated heterocycles. The minimum atomic E-state index is -0.772. The van der Waals surface area contributed by atoms with Crippen LogP contribution >= 0.6 is 0 Å². The predicted molar refractivity (Wildman–Crippen MR) is 349 cm³/mol. The van der Waals surface area contributed by atoms with E-state index in [4.69, 9.17) is 14.2 Å². The molecule has 0 heterocycles. The fourth-order valence-corrected chi connectivity index (χ4v) is 10.9. The number of ether oxygens (including phenoxy) is 3. The molecule has 6 heteroatoms. The lowest BCUT2D eigenvalue weighted by atomic mass is 10.0. The topological polar surface area (TPSA) is 78.9 Å². The van der Waals surface area contributed by atoms with Gasteiger partial charge < -0.3 is 14.2 Å². The Labute approximate surface area is 499 Å². The van der Waals surface area contributed by atoms with E-state index in [2.05, 4.69) is 57.2 Å². The summed E-state index contributed by atoms with van der Waals surface area (Å²) in [6.45, 7) is 6.70. The Balaban J connectivity index is 4.25. The van der Waals surface area contributed by atoms with E-state index in [1.165, 1.54) is 295 Å². The molecule has 0 aromatic rings. The van der Waals surface area contributed by atoms with Gasteiger partial charge in [0.1, 0.15) is 13.2 Å². The molecule has 470 valence electrons. The Morgan fingerprint density at radius 2 is 0.450 bits per heavy atom. The number of carbonyl (C=O) groups excluding carboxylic acids is 3. The van der Waals surface area contributed by atoms with Crippen LogP contribution in [0, 0.1) is 0 Å². The normalized spacial score (nSPS) is 12.2. The molecule has 6 nitrogen and oxygen atoms in total. The zero-order valence-corrected chi connectivity index (χ0v) is 54.1. The SMILES string of the molecule is CCCCCCC/C=C\C/C=C\CCCCCCCCCCCCCCCCCC(=O)OCC(COC(=O)CCCCCCCCC/C=C\CCCCCCCC)OC(=O)CCCCCCCCCCCCCCCCCCCC. The lowest BCUT2D eigenvalue weighted by molar-refractivity contribution is -0.167. The van der Waals surface area contributed by atoms with Gasteiger partial charge in [0.25, 0.3) is 0 Å². The van der Waals surface area contributed by atoms with Gasteiger partial charge in [-0.3, -0.25) is 14.4 Å². The van der Waals surface area contributed by atoms with Crippen molar-refractivity contribution in [3.63, 3.8) is 0 Å². The van der Waals surface area contributed by atoms with E-state index in [0.717, 1.165) is 64.2 Å². The summed E-state index contributed by atoms with van der Waals surface area (Å²) in [6.07, 6.45) is 86.0. The van der Waals surface area contributed by atoms with E-state index in [-0.39, 0.29) is 31.1 Å². The molecule has 0 aliphatic heterocycles. The summed E-state index contributed by atoms with van der Waals surface area (Å²) < 4.78 is 17.0. The zero-order chi connectivity index (χ0) is 57.8. The summed E-state index contributed by atoms with van der Waals surface area (Å²) >= 11 is 0. The Kier molecular flexibility index (Phi) is 67.1. The molecule has 0 rings (SSSR count). The molecule has 0 saturated carbocycles. The van der Waals surface area contributed by atoms with E-state index >= 15 is 0 Å². The van der Waals surface area contributed by atoms with Crippen LogP contribution in [0.5, 0.6) is 0 Å². The summed E-state index contributed by atoms with van der Waals surface area (Å²) in [4.78, 5) is 38.5. The van der Waals surface area contributed by atoms with Gasteiger partial charge >= 0.3 is 17.9 Å². The second-order valence-electron chi connectivity index (χ2n) is 24.5. The van der Waals surface area contributed by atoms with Crippen molar-refractivity contribution in [1.29, 1.82) is 0 Å². The third-order valence-electron chi connectivity index (χ3n) is 16.4. The number of hydrogen-bond acceptors (Lipinski definition) is 6. The van der Waals surface area contributed by atoms with E-state index in [1.54, 1.807) is 0 Å². The molecule has 0 aromatic carbocycles. The Hall–Kier alpha value is -2.37. The maximum atomic E-state index is 13.0. The van der Waals surface area contributed by atoms with Gasteiger partial charge in [-0.1, -0.05) is 340 Å². The van der Waals surface area contributed by atoms with Gasteiger partial charge in [0.15, 0.2) is 6.10 Å². The van der Waals surface area contributed by atoms with Crippen LogP contribution in [-0.2, 0) is 28.6 Å². The lowest BCUT2D eigenvalue weighted by Gasteiger charge is -2.18. The van der Waals surface area contributed by atoms with E-state index < -0.39 is 6.10 Å². The van der Waals surface area contributed by atoms with Gasteiger partial charge in [0.2, 0.25) is 0 Å². The van der Waals surface area contributed by atoms with Gasteiger partial charge in [-0.25, -0.2) is 0 Å². The number of carbonyl (C=O) groups is 3. The monoisotopic (exact) mass is 1120 g/mol. The molecule has 0 aromatic heterocycles. The molecule has 1 unspecified atom stereocenters. The Morgan fingerprint density at radius 3 is 0.700 bits per heavy atom. The van der Waals surface area contributed by atoms with Crippen LogP contribution < -0.4 is 0 Å². The molecule has 1 atom stereocenters. The molecule has 80 heavy (non-hydrogen) atoms. The van der Waals surface area contributed by atoms with Crippen molar-refractivity contribution in [2.45, 2.75) is 406 Å². The van der Waals surface area contributed by atoms with Crippen LogP contribution in [0.2, 0.25) is 0 Å². The predicted octanol–water partition coefficient (Wildman–Crippen LogP) is 24.7. The molecule has 0 spiro atoms. The lowest BCUT2D eigenvalue weighted by Crippen LogP contribution is -2.30. The quantitative estimate of drug-likeness (QED) is 0.0261. The first-order valence-corrected chi connectivity index (χ1v) is 36.0. The highest BCUT2D eigenvalue weighted by molar-refractivity contribution is 5.71. The van der Waals surface area contributed by atoms with Crippen LogP contribution in [0.1, 0.15) is 400 Å². The molecule has 0 aliphatic carbocycles.